The minimum absolute atomic E-state index is 0.0191. The average molecular weight is 836 g/mol. The van der Waals surface area contributed by atoms with Gasteiger partial charge in [-0.3, -0.25) is 14.4 Å². The molecule has 0 saturated heterocycles. The summed E-state index contributed by atoms with van der Waals surface area (Å²) in [6, 6.07) is 23.2. The number of benzene rings is 3. The van der Waals surface area contributed by atoms with Gasteiger partial charge in [0.2, 0.25) is 5.91 Å². The minimum atomic E-state index is -3.48. The minimum Gasteiger partial charge on any atom is -0.326 e. The zero-order valence-electron chi connectivity index (χ0n) is 34.3. The van der Waals surface area contributed by atoms with Gasteiger partial charge in [0.15, 0.2) is 15.6 Å². The lowest BCUT2D eigenvalue weighted by Gasteiger charge is -2.30. The fourth-order valence-electron chi connectivity index (χ4n) is 6.76. The number of amides is 2. The zero-order chi connectivity index (χ0) is 42.5. The first-order chi connectivity index (χ1) is 27.5. The van der Waals surface area contributed by atoms with Crippen LogP contribution in [0.2, 0.25) is 0 Å². The van der Waals surface area contributed by atoms with Crippen molar-refractivity contribution in [3.05, 3.63) is 111 Å². The highest BCUT2D eigenvalue weighted by Gasteiger charge is 2.53. The number of carbonyl (C=O) groups excluding carboxylic acids is 3. The topological polar surface area (TPSA) is 158 Å². The van der Waals surface area contributed by atoms with E-state index in [4.69, 9.17) is 11.6 Å². The van der Waals surface area contributed by atoms with E-state index < -0.39 is 55.1 Å². The second-order valence-corrected chi connectivity index (χ2v) is 18.8. The molecule has 2 amide bonds. The molecule has 4 rings (SSSR count). The summed E-state index contributed by atoms with van der Waals surface area (Å²) in [6.45, 7) is 8.24. The van der Waals surface area contributed by atoms with Crippen LogP contribution in [0.4, 0.5) is 11.4 Å². The SMILES string of the molecule is CCCCCCCCCCCCS(=O)(=O)CC(C)C(=O)Nc1cccc(NC(=O)C(Cl)(C(=O)C(C)(C)C)n2c(=O)n(Cc3ccccc3)n(-c3ccccc3)c2=O)c1. The van der Waals surface area contributed by atoms with Crippen molar-refractivity contribution in [2.45, 2.75) is 110 Å². The maximum absolute atomic E-state index is 14.3. The molecule has 2 N–H and O–H groups in total. The standard InChI is InChI=1S/C44H58ClN5O7S/c1-6-7-8-9-10-11-12-13-14-21-29-58(56,57)32-33(2)38(51)46-35-25-22-26-36(30-35)47-40(53)44(45,39(52)43(3,4)5)49-41(54)48(31-34-23-17-15-18-24-34)50(42(49)55)37-27-19-16-20-28-37/h15-20,22-28,30,33H,6-14,21,29,31-32H2,1-5H3,(H,46,51)(H,47,53). The third-order valence-electron chi connectivity index (χ3n) is 9.94. The summed E-state index contributed by atoms with van der Waals surface area (Å²) in [5.74, 6) is -3.75. The van der Waals surface area contributed by atoms with Gasteiger partial charge < -0.3 is 10.6 Å². The van der Waals surface area contributed by atoms with E-state index in [-0.39, 0.29) is 29.4 Å². The number of hydrogen-bond acceptors (Lipinski definition) is 7. The zero-order valence-corrected chi connectivity index (χ0v) is 35.9. The van der Waals surface area contributed by atoms with Crippen LogP contribution in [-0.4, -0.2) is 51.5 Å². The van der Waals surface area contributed by atoms with E-state index in [0.29, 0.717) is 22.2 Å². The monoisotopic (exact) mass is 835 g/mol. The van der Waals surface area contributed by atoms with Gasteiger partial charge in [0.05, 0.1) is 23.7 Å². The Kier molecular flexibility index (Phi) is 16.5. The van der Waals surface area contributed by atoms with Crippen LogP contribution in [0.15, 0.2) is 94.5 Å². The van der Waals surface area contributed by atoms with Crippen LogP contribution in [0, 0.1) is 11.3 Å². The molecule has 0 fully saturated rings. The lowest BCUT2D eigenvalue weighted by molar-refractivity contribution is -0.138. The third-order valence-corrected chi connectivity index (χ3v) is 12.4. The number of rotatable bonds is 22. The number of Topliss-reactive ketones (excluding diaryl/α,β-unsaturated/α-hetero) is 1. The van der Waals surface area contributed by atoms with Crippen molar-refractivity contribution in [1.82, 2.24) is 13.9 Å². The largest absolute Gasteiger partial charge is 0.354 e. The molecule has 1 aromatic heterocycles. The average Bonchev–Trinajstić information content (AvgIpc) is 3.43. The number of carbonyl (C=O) groups is 3. The van der Waals surface area contributed by atoms with Gasteiger partial charge in [-0.2, -0.15) is 4.68 Å². The first-order valence-electron chi connectivity index (χ1n) is 20.2. The second-order valence-electron chi connectivity index (χ2n) is 16.0. The number of nitrogens with one attached hydrogen (secondary N) is 2. The van der Waals surface area contributed by atoms with Crippen LogP contribution in [0.5, 0.6) is 0 Å². The molecule has 314 valence electrons. The van der Waals surface area contributed by atoms with Gasteiger partial charge in [-0.1, -0.05) is 159 Å². The highest BCUT2D eigenvalue weighted by Crippen LogP contribution is 2.33. The van der Waals surface area contributed by atoms with Crippen molar-refractivity contribution >= 4 is 50.4 Å². The number of halogens is 1. The summed E-state index contributed by atoms with van der Waals surface area (Å²) in [5, 5.41) is 5.29. The van der Waals surface area contributed by atoms with Crippen molar-refractivity contribution in [2.24, 2.45) is 11.3 Å². The summed E-state index contributed by atoms with van der Waals surface area (Å²) >= 11 is 7.05. The molecule has 0 bridgehead atoms. The van der Waals surface area contributed by atoms with Gasteiger partial charge in [0.25, 0.3) is 10.9 Å². The molecule has 0 spiro atoms. The maximum Gasteiger partial charge on any atom is 0.354 e. The number of hydrogen-bond donors (Lipinski definition) is 2. The summed E-state index contributed by atoms with van der Waals surface area (Å²) in [4.78, 5) is 67.4. The Hall–Kier alpha value is -4.75. The predicted molar refractivity (Wildman–Crippen MR) is 231 cm³/mol. The van der Waals surface area contributed by atoms with E-state index in [9.17, 15) is 32.4 Å². The number of nitrogens with zero attached hydrogens (tertiary/aromatic N) is 3. The summed E-state index contributed by atoms with van der Waals surface area (Å²) < 4.78 is 28.4. The number of alkyl halides is 1. The van der Waals surface area contributed by atoms with Crippen molar-refractivity contribution in [3.63, 3.8) is 0 Å². The van der Waals surface area contributed by atoms with Crippen LogP contribution in [0.25, 0.3) is 5.69 Å². The van der Waals surface area contributed by atoms with Crippen molar-refractivity contribution in [1.29, 1.82) is 0 Å². The first-order valence-corrected chi connectivity index (χ1v) is 22.4. The first kappa shape index (κ1) is 45.9. The molecule has 0 aliphatic heterocycles. The molecule has 3 aromatic carbocycles. The number of ketones is 1. The molecule has 0 aliphatic rings. The van der Waals surface area contributed by atoms with Crippen LogP contribution in [0.3, 0.4) is 0 Å². The number of aromatic nitrogens is 3. The van der Waals surface area contributed by atoms with E-state index in [1.54, 1.807) is 67.6 Å². The third kappa shape index (κ3) is 12.1. The normalized spacial score (nSPS) is 13.4. The Labute approximate surface area is 346 Å². The van der Waals surface area contributed by atoms with Crippen LogP contribution in [0.1, 0.15) is 104 Å². The number of unbranched alkanes of at least 4 members (excludes halogenated alkanes) is 9. The van der Waals surface area contributed by atoms with E-state index >= 15 is 0 Å². The molecule has 0 saturated carbocycles. The van der Waals surface area contributed by atoms with Crippen LogP contribution >= 0.6 is 11.6 Å². The van der Waals surface area contributed by atoms with Gasteiger partial charge in [0.1, 0.15) is 0 Å². The highest BCUT2D eigenvalue weighted by molar-refractivity contribution is 7.91. The predicted octanol–water partition coefficient (Wildman–Crippen LogP) is 7.90. The Morgan fingerprint density at radius 3 is 1.83 bits per heavy atom. The van der Waals surface area contributed by atoms with Crippen molar-refractivity contribution < 1.29 is 22.8 Å². The Morgan fingerprint density at radius 2 is 1.26 bits per heavy atom. The summed E-state index contributed by atoms with van der Waals surface area (Å²) in [6.07, 6.45) is 10.9. The molecule has 2 atom stereocenters. The fraction of sp³-hybridized carbons (Fsp3) is 0.477. The van der Waals surface area contributed by atoms with Crippen molar-refractivity contribution in [3.8, 4) is 5.69 Å². The van der Waals surface area contributed by atoms with Crippen LogP contribution < -0.4 is 22.0 Å². The van der Waals surface area contributed by atoms with E-state index in [2.05, 4.69) is 17.6 Å². The van der Waals surface area contributed by atoms with Gasteiger partial charge >= 0.3 is 11.4 Å². The fourth-order valence-corrected chi connectivity index (χ4v) is 8.96. The molecule has 0 radical (unpaired) electrons. The molecule has 2 unspecified atom stereocenters. The molecular formula is C44H58ClN5O7S. The Morgan fingerprint density at radius 1 is 0.724 bits per heavy atom. The molecule has 4 aromatic rings. The maximum atomic E-state index is 14.3. The molecule has 1 heterocycles. The number of para-hydroxylation sites is 1. The lowest BCUT2D eigenvalue weighted by Crippen LogP contribution is -2.58. The van der Waals surface area contributed by atoms with Gasteiger partial charge in [-0.05, 0) is 42.3 Å². The molecular weight excluding hydrogens is 778 g/mol. The van der Waals surface area contributed by atoms with E-state index in [1.165, 1.54) is 77.5 Å². The molecule has 12 nitrogen and oxygen atoms in total. The van der Waals surface area contributed by atoms with Crippen LogP contribution in [-0.2, 0) is 35.8 Å². The second kappa shape index (κ2) is 20.8. The van der Waals surface area contributed by atoms with E-state index in [0.717, 1.165) is 28.6 Å². The van der Waals surface area contributed by atoms with E-state index in [1.807, 2.05) is 6.07 Å². The highest BCUT2D eigenvalue weighted by atomic mass is 35.5. The van der Waals surface area contributed by atoms with Gasteiger partial charge in [-0.25, -0.2) is 27.3 Å². The molecule has 0 aliphatic carbocycles. The van der Waals surface area contributed by atoms with Gasteiger partial charge in [0, 0.05) is 22.7 Å². The lowest BCUT2D eigenvalue weighted by atomic mass is 9.85. The Balaban J connectivity index is 1.51. The number of sulfone groups is 1. The quantitative estimate of drug-likeness (QED) is 0.0463. The van der Waals surface area contributed by atoms with Gasteiger partial charge in [-0.15, -0.1) is 0 Å². The smallest absolute Gasteiger partial charge is 0.326 e. The number of anilines is 2. The Bertz CT molecular complexity index is 2230. The summed E-state index contributed by atoms with van der Waals surface area (Å²) in [5.41, 5.74) is -1.97. The van der Waals surface area contributed by atoms with Crippen molar-refractivity contribution in [2.75, 3.05) is 22.1 Å². The summed E-state index contributed by atoms with van der Waals surface area (Å²) in [7, 11) is -3.48. The molecule has 14 heteroatoms. The molecule has 58 heavy (non-hydrogen) atoms.